The maximum Gasteiger partial charge on any atom is 0.237 e. The number of aliphatic hydroxyl groups is 1. The first-order valence-electron chi connectivity index (χ1n) is 4.38. The third kappa shape index (κ3) is 2.46. The van der Waals surface area contributed by atoms with Crippen LogP contribution in [0, 0.1) is 0 Å². The van der Waals surface area contributed by atoms with Gasteiger partial charge in [-0.3, -0.25) is 4.79 Å². The second kappa shape index (κ2) is 4.42. The van der Waals surface area contributed by atoms with Crippen LogP contribution in [0.25, 0.3) is 0 Å². The van der Waals surface area contributed by atoms with Gasteiger partial charge in [0.25, 0.3) is 0 Å². The summed E-state index contributed by atoms with van der Waals surface area (Å²) in [6.45, 7) is 2.71. The molecule has 70 valence electrons. The summed E-state index contributed by atoms with van der Waals surface area (Å²) in [5.41, 5.74) is 0. The van der Waals surface area contributed by atoms with Gasteiger partial charge >= 0.3 is 0 Å². The SMILES string of the molecule is CC(CO)NC(=O)[C@@H]1CCCN1. The zero-order valence-electron chi connectivity index (χ0n) is 7.34. The molecular weight excluding hydrogens is 156 g/mol. The van der Waals surface area contributed by atoms with Crippen molar-refractivity contribution < 1.29 is 9.90 Å². The van der Waals surface area contributed by atoms with Gasteiger partial charge < -0.3 is 15.7 Å². The first-order chi connectivity index (χ1) is 5.74. The van der Waals surface area contributed by atoms with Crippen molar-refractivity contribution in [1.82, 2.24) is 10.6 Å². The van der Waals surface area contributed by atoms with E-state index in [1.54, 1.807) is 6.92 Å². The Morgan fingerprint density at radius 2 is 2.58 bits per heavy atom. The summed E-state index contributed by atoms with van der Waals surface area (Å²) in [5.74, 6) is 0.00838. The van der Waals surface area contributed by atoms with Gasteiger partial charge in [0.15, 0.2) is 0 Å². The Hall–Kier alpha value is -0.610. The van der Waals surface area contributed by atoms with E-state index < -0.39 is 0 Å². The van der Waals surface area contributed by atoms with Crippen molar-refractivity contribution in [3.8, 4) is 0 Å². The van der Waals surface area contributed by atoms with Crippen LogP contribution in [0.4, 0.5) is 0 Å². The number of aliphatic hydroxyl groups excluding tert-OH is 1. The van der Waals surface area contributed by atoms with Crippen molar-refractivity contribution in [2.45, 2.75) is 31.8 Å². The van der Waals surface area contributed by atoms with Crippen LogP contribution in [0.3, 0.4) is 0 Å². The molecule has 1 rings (SSSR count). The average Bonchev–Trinajstić information content (AvgIpc) is 2.56. The predicted octanol–water partition coefficient (Wildman–Crippen LogP) is -0.765. The van der Waals surface area contributed by atoms with Crippen LogP contribution in [0.5, 0.6) is 0 Å². The van der Waals surface area contributed by atoms with Crippen LogP contribution in [-0.2, 0) is 4.79 Å². The van der Waals surface area contributed by atoms with Gasteiger partial charge in [0.2, 0.25) is 5.91 Å². The quantitative estimate of drug-likeness (QED) is 0.524. The summed E-state index contributed by atoms with van der Waals surface area (Å²) in [7, 11) is 0. The minimum absolute atomic E-state index is 0.00153. The fraction of sp³-hybridized carbons (Fsp3) is 0.875. The highest BCUT2D eigenvalue weighted by Gasteiger charge is 2.22. The van der Waals surface area contributed by atoms with E-state index in [1.165, 1.54) is 0 Å². The number of carbonyl (C=O) groups is 1. The van der Waals surface area contributed by atoms with Crippen LogP contribution < -0.4 is 10.6 Å². The van der Waals surface area contributed by atoms with Crippen LogP contribution in [0.15, 0.2) is 0 Å². The van der Waals surface area contributed by atoms with Crippen molar-refractivity contribution in [3.63, 3.8) is 0 Å². The van der Waals surface area contributed by atoms with Crippen LogP contribution >= 0.6 is 0 Å². The summed E-state index contributed by atoms with van der Waals surface area (Å²) in [6.07, 6.45) is 1.97. The first-order valence-corrected chi connectivity index (χ1v) is 4.38. The topological polar surface area (TPSA) is 61.4 Å². The summed E-state index contributed by atoms with van der Waals surface area (Å²) in [4.78, 5) is 11.3. The van der Waals surface area contributed by atoms with Crippen molar-refractivity contribution in [1.29, 1.82) is 0 Å². The molecule has 0 aromatic rings. The molecule has 12 heavy (non-hydrogen) atoms. The average molecular weight is 172 g/mol. The molecule has 0 saturated carbocycles. The highest BCUT2D eigenvalue weighted by Crippen LogP contribution is 2.04. The zero-order valence-corrected chi connectivity index (χ0v) is 7.34. The largest absolute Gasteiger partial charge is 0.394 e. The monoisotopic (exact) mass is 172 g/mol. The number of hydrogen-bond acceptors (Lipinski definition) is 3. The Kier molecular flexibility index (Phi) is 3.49. The Morgan fingerprint density at radius 1 is 1.83 bits per heavy atom. The van der Waals surface area contributed by atoms with E-state index in [2.05, 4.69) is 10.6 Å². The van der Waals surface area contributed by atoms with Gasteiger partial charge in [0.05, 0.1) is 12.6 Å². The molecule has 0 bridgehead atoms. The Labute approximate surface area is 72.3 Å². The zero-order chi connectivity index (χ0) is 8.97. The highest BCUT2D eigenvalue weighted by molar-refractivity contribution is 5.82. The van der Waals surface area contributed by atoms with Gasteiger partial charge in [-0.1, -0.05) is 0 Å². The number of hydrogen-bond donors (Lipinski definition) is 3. The van der Waals surface area contributed by atoms with Crippen molar-refractivity contribution in [3.05, 3.63) is 0 Å². The molecular formula is C8H16N2O2. The standard InChI is InChI=1S/C8H16N2O2/c1-6(5-11)10-8(12)7-3-2-4-9-7/h6-7,9,11H,2-5H2,1H3,(H,10,12)/t6?,7-/m0/s1. The summed E-state index contributed by atoms with van der Waals surface area (Å²) in [5, 5.41) is 14.5. The molecule has 3 N–H and O–H groups in total. The molecule has 1 saturated heterocycles. The van der Waals surface area contributed by atoms with E-state index in [0.717, 1.165) is 19.4 Å². The van der Waals surface area contributed by atoms with Gasteiger partial charge in [-0.05, 0) is 26.3 Å². The summed E-state index contributed by atoms with van der Waals surface area (Å²) in [6, 6.07) is -0.182. The molecule has 1 amide bonds. The van der Waals surface area contributed by atoms with E-state index in [0.29, 0.717) is 0 Å². The van der Waals surface area contributed by atoms with Crippen molar-refractivity contribution in [2.24, 2.45) is 0 Å². The lowest BCUT2D eigenvalue weighted by Gasteiger charge is -2.14. The van der Waals surface area contributed by atoms with Crippen LogP contribution in [0.1, 0.15) is 19.8 Å². The van der Waals surface area contributed by atoms with Crippen LogP contribution in [0.2, 0.25) is 0 Å². The minimum atomic E-state index is -0.139. The molecule has 0 aromatic heterocycles. The molecule has 4 heteroatoms. The summed E-state index contributed by atoms with van der Waals surface area (Å²) >= 11 is 0. The molecule has 1 heterocycles. The third-order valence-corrected chi connectivity index (χ3v) is 2.04. The predicted molar refractivity (Wildman–Crippen MR) is 45.7 cm³/mol. The molecule has 0 aliphatic carbocycles. The lowest BCUT2D eigenvalue weighted by atomic mass is 10.2. The molecule has 1 unspecified atom stereocenters. The lowest BCUT2D eigenvalue weighted by Crippen LogP contribution is -2.45. The van der Waals surface area contributed by atoms with E-state index in [4.69, 9.17) is 5.11 Å². The van der Waals surface area contributed by atoms with Crippen LogP contribution in [-0.4, -0.2) is 36.2 Å². The van der Waals surface area contributed by atoms with Gasteiger partial charge in [-0.2, -0.15) is 0 Å². The Balaban J connectivity index is 2.27. The van der Waals surface area contributed by atoms with E-state index >= 15 is 0 Å². The highest BCUT2D eigenvalue weighted by atomic mass is 16.3. The van der Waals surface area contributed by atoms with E-state index in [1.807, 2.05) is 0 Å². The molecule has 1 fully saturated rings. The third-order valence-electron chi connectivity index (χ3n) is 2.04. The molecule has 1 aliphatic heterocycles. The van der Waals surface area contributed by atoms with Gasteiger partial charge in [0.1, 0.15) is 0 Å². The van der Waals surface area contributed by atoms with E-state index in [9.17, 15) is 4.79 Å². The molecule has 0 aromatic carbocycles. The molecule has 0 spiro atoms. The molecule has 1 aliphatic rings. The fourth-order valence-electron chi connectivity index (χ4n) is 1.30. The van der Waals surface area contributed by atoms with E-state index in [-0.39, 0.29) is 24.6 Å². The minimum Gasteiger partial charge on any atom is -0.394 e. The van der Waals surface area contributed by atoms with Crippen molar-refractivity contribution in [2.75, 3.05) is 13.2 Å². The number of amides is 1. The Morgan fingerprint density at radius 3 is 3.08 bits per heavy atom. The van der Waals surface area contributed by atoms with Gasteiger partial charge in [0, 0.05) is 6.04 Å². The Bertz CT molecular complexity index is 155. The van der Waals surface area contributed by atoms with Gasteiger partial charge in [-0.15, -0.1) is 0 Å². The molecule has 0 radical (unpaired) electrons. The fourth-order valence-corrected chi connectivity index (χ4v) is 1.30. The normalized spacial score (nSPS) is 25.3. The summed E-state index contributed by atoms with van der Waals surface area (Å²) < 4.78 is 0. The lowest BCUT2D eigenvalue weighted by molar-refractivity contribution is -0.123. The van der Waals surface area contributed by atoms with Gasteiger partial charge in [-0.25, -0.2) is 0 Å². The number of carbonyl (C=O) groups excluding carboxylic acids is 1. The maximum atomic E-state index is 11.3. The number of nitrogens with one attached hydrogen (secondary N) is 2. The maximum absolute atomic E-state index is 11.3. The molecule has 2 atom stereocenters. The molecule has 4 nitrogen and oxygen atoms in total. The number of rotatable bonds is 3. The second-order valence-corrected chi connectivity index (χ2v) is 3.24. The smallest absolute Gasteiger partial charge is 0.237 e. The first kappa shape index (κ1) is 9.48. The second-order valence-electron chi connectivity index (χ2n) is 3.24. The van der Waals surface area contributed by atoms with Crippen molar-refractivity contribution >= 4 is 5.91 Å².